The smallest absolute Gasteiger partial charge is 0.00671 e. The van der Waals surface area contributed by atoms with Gasteiger partial charge in [-0.25, -0.2) is 0 Å². The van der Waals surface area contributed by atoms with Crippen molar-refractivity contribution in [1.29, 1.82) is 0 Å². The van der Waals surface area contributed by atoms with Crippen molar-refractivity contribution in [1.82, 2.24) is 10.6 Å². The third-order valence-electron chi connectivity index (χ3n) is 5.20. The highest BCUT2D eigenvalue weighted by atomic mass is 14.9. The minimum absolute atomic E-state index is 0.802. The van der Waals surface area contributed by atoms with Crippen LogP contribution in [0.25, 0.3) is 0 Å². The fourth-order valence-electron chi connectivity index (χ4n) is 3.80. The minimum Gasteiger partial charge on any atom is -0.316 e. The molecule has 0 spiro atoms. The van der Waals surface area contributed by atoms with Gasteiger partial charge in [-0.2, -0.15) is 0 Å². The van der Waals surface area contributed by atoms with E-state index in [1.165, 1.54) is 103 Å². The van der Waals surface area contributed by atoms with E-state index in [-0.39, 0.29) is 0 Å². The quantitative estimate of drug-likeness (QED) is 0.807. The van der Waals surface area contributed by atoms with Gasteiger partial charge in [0.05, 0.1) is 0 Å². The van der Waals surface area contributed by atoms with E-state index in [1.54, 1.807) is 0 Å². The van der Waals surface area contributed by atoms with Gasteiger partial charge in [-0.15, -0.1) is 0 Å². The van der Waals surface area contributed by atoms with Crippen LogP contribution >= 0.6 is 0 Å². The second kappa shape index (κ2) is 10.6. The van der Waals surface area contributed by atoms with Crippen molar-refractivity contribution in [2.24, 2.45) is 5.92 Å². The monoisotopic (exact) mass is 280 g/mol. The Kier molecular flexibility index (Phi) is 8.65. The number of rotatable bonds is 3. The van der Waals surface area contributed by atoms with Crippen molar-refractivity contribution in [3.05, 3.63) is 0 Å². The summed E-state index contributed by atoms with van der Waals surface area (Å²) >= 11 is 0. The molecule has 0 radical (unpaired) electrons. The van der Waals surface area contributed by atoms with E-state index < -0.39 is 0 Å². The lowest BCUT2D eigenvalue weighted by molar-refractivity contribution is 0.323. The largest absolute Gasteiger partial charge is 0.316 e. The summed E-state index contributed by atoms with van der Waals surface area (Å²) in [5.41, 5.74) is 0. The molecule has 0 aromatic carbocycles. The molecule has 1 aliphatic heterocycles. The Morgan fingerprint density at radius 1 is 0.700 bits per heavy atom. The maximum atomic E-state index is 3.90. The summed E-state index contributed by atoms with van der Waals surface area (Å²) in [5, 5.41) is 7.44. The molecule has 2 N–H and O–H groups in total. The van der Waals surface area contributed by atoms with E-state index in [0.717, 1.165) is 12.0 Å². The molecule has 20 heavy (non-hydrogen) atoms. The number of hydrogen-bond donors (Lipinski definition) is 2. The van der Waals surface area contributed by atoms with Gasteiger partial charge in [0.1, 0.15) is 0 Å². The first kappa shape index (κ1) is 16.3. The van der Waals surface area contributed by atoms with Gasteiger partial charge in [0, 0.05) is 6.04 Å². The van der Waals surface area contributed by atoms with Crippen molar-refractivity contribution < 1.29 is 0 Å². The Labute approximate surface area is 126 Å². The van der Waals surface area contributed by atoms with Crippen molar-refractivity contribution in [3.63, 3.8) is 0 Å². The van der Waals surface area contributed by atoms with E-state index >= 15 is 0 Å². The summed E-state index contributed by atoms with van der Waals surface area (Å²) in [6, 6.07) is 0.802. The molecule has 2 nitrogen and oxygen atoms in total. The van der Waals surface area contributed by atoms with Crippen LogP contribution in [0.1, 0.15) is 83.5 Å². The second-order valence-electron chi connectivity index (χ2n) is 7.08. The van der Waals surface area contributed by atoms with Gasteiger partial charge in [-0.1, -0.05) is 57.8 Å². The average Bonchev–Trinajstić information content (AvgIpc) is 2.48. The summed E-state index contributed by atoms with van der Waals surface area (Å²) < 4.78 is 0. The summed E-state index contributed by atoms with van der Waals surface area (Å²) in [4.78, 5) is 0. The van der Waals surface area contributed by atoms with Crippen LogP contribution in [0.2, 0.25) is 0 Å². The Balaban J connectivity index is 1.65. The second-order valence-corrected chi connectivity index (χ2v) is 7.08. The summed E-state index contributed by atoms with van der Waals surface area (Å²) in [6.07, 6.45) is 18.8. The van der Waals surface area contributed by atoms with Crippen molar-refractivity contribution in [3.8, 4) is 0 Å². The first-order valence-corrected chi connectivity index (χ1v) is 9.39. The third kappa shape index (κ3) is 7.08. The van der Waals surface area contributed by atoms with E-state index in [9.17, 15) is 0 Å². The Hall–Kier alpha value is -0.0800. The normalized spacial score (nSPS) is 28.5. The number of hydrogen-bond acceptors (Lipinski definition) is 2. The molecule has 1 saturated carbocycles. The fourth-order valence-corrected chi connectivity index (χ4v) is 3.80. The highest BCUT2D eigenvalue weighted by molar-refractivity contribution is 4.75. The van der Waals surface area contributed by atoms with Crippen LogP contribution in [-0.2, 0) is 0 Å². The highest BCUT2D eigenvalue weighted by Gasteiger charge is 2.15. The molecule has 1 unspecified atom stereocenters. The predicted octanol–water partition coefficient (Wildman–Crippen LogP) is 4.25. The van der Waals surface area contributed by atoms with Crippen molar-refractivity contribution in [2.45, 2.75) is 89.5 Å². The van der Waals surface area contributed by atoms with Gasteiger partial charge in [-0.05, 0) is 51.2 Å². The topological polar surface area (TPSA) is 24.1 Å². The maximum Gasteiger partial charge on any atom is 0.00671 e. The molecule has 0 aromatic heterocycles. The zero-order valence-electron chi connectivity index (χ0n) is 13.5. The predicted molar refractivity (Wildman–Crippen MR) is 88.2 cm³/mol. The molecule has 1 atom stereocenters. The summed E-state index contributed by atoms with van der Waals surface area (Å²) in [7, 11) is 0. The minimum atomic E-state index is 0.802. The molecular formula is C18H36N2. The molecule has 2 heteroatoms. The fraction of sp³-hybridized carbons (Fsp3) is 1.00. The van der Waals surface area contributed by atoms with Gasteiger partial charge >= 0.3 is 0 Å². The molecule has 1 heterocycles. The number of nitrogens with one attached hydrogen (secondary N) is 2. The summed E-state index contributed by atoms with van der Waals surface area (Å²) in [5.74, 6) is 0.880. The van der Waals surface area contributed by atoms with E-state index in [0.29, 0.717) is 0 Å². The molecular weight excluding hydrogens is 244 g/mol. The highest BCUT2D eigenvalue weighted by Crippen LogP contribution is 2.17. The molecule has 2 fully saturated rings. The molecule has 2 rings (SSSR count). The van der Waals surface area contributed by atoms with Gasteiger partial charge in [0.15, 0.2) is 0 Å². The summed E-state index contributed by atoms with van der Waals surface area (Å²) in [6.45, 7) is 3.72. The lowest BCUT2D eigenvalue weighted by Crippen LogP contribution is -2.39. The van der Waals surface area contributed by atoms with E-state index in [2.05, 4.69) is 10.6 Å². The van der Waals surface area contributed by atoms with E-state index in [1.807, 2.05) is 0 Å². The zero-order valence-corrected chi connectivity index (χ0v) is 13.5. The molecule has 2 aliphatic rings. The van der Waals surface area contributed by atoms with Crippen LogP contribution in [-0.4, -0.2) is 25.7 Å². The van der Waals surface area contributed by atoms with Crippen LogP contribution in [0.3, 0.4) is 0 Å². The van der Waals surface area contributed by atoms with Gasteiger partial charge in [-0.3, -0.25) is 0 Å². The van der Waals surface area contributed by atoms with Crippen LogP contribution in [0.15, 0.2) is 0 Å². The maximum absolute atomic E-state index is 3.90. The SMILES string of the molecule is C1CCCCCC(NCC2CCCNC2)CCCCC1. The van der Waals surface area contributed by atoms with Gasteiger partial charge < -0.3 is 10.6 Å². The van der Waals surface area contributed by atoms with Crippen LogP contribution in [0.5, 0.6) is 0 Å². The molecule has 0 bridgehead atoms. The molecule has 0 amide bonds. The Morgan fingerprint density at radius 3 is 1.85 bits per heavy atom. The van der Waals surface area contributed by atoms with Crippen LogP contribution < -0.4 is 10.6 Å². The molecule has 1 saturated heterocycles. The first-order chi connectivity index (χ1) is 9.95. The molecule has 0 aromatic rings. The van der Waals surface area contributed by atoms with Gasteiger partial charge in [0.25, 0.3) is 0 Å². The van der Waals surface area contributed by atoms with Crippen LogP contribution in [0, 0.1) is 5.92 Å². The Bertz CT molecular complexity index is 211. The van der Waals surface area contributed by atoms with Crippen molar-refractivity contribution >= 4 is 0 Å². The van der Waals surface area contributed by atoms with Crippen LogP contribution in [0.4, 0.5) is 0 Å². The third-order valence-corrected chi connectivity index (χ3v) is 5.20. The van der Waals surface area contributed by atoms with Gasteiger partial charge in [0.2, 0.25) is 0 Å². The lowest BCUT2D eigenvalue weighted by atomic mass is 9.96. The Morgan fingerprint density at radius 2 is 1.30 bits per heavy atom. The average molecular weight is 280 g/mol. The standard InChI is InChI=1S/C18H36N2/c1-2-4-6-8-12-18(13-9-7-5-3-1)20-16-17-11-10-14-19-15-17/h17-20H,1-16H2. The zero-order chi connectivity index (χ0) is 13.9. The molecule has 1 aliphatic carbocycles. The first-order valence-electron chi connectivity index (χ1n) is 9.39. The lowest BCUT2D eigenvalue weighted by Gasteiger charge is -2.26. The molecule has 118 valence electrons. The number of piperidine rings is 1. The van der Waals surface area contributed by atoms with E-state index in [4.69, 9.17) is 0 Å². The van der Waals surface area contributed by atoms with Crippen molar-refractivity contribution in [2.75, 3.05) is 19.6 Å².